The number of nitrogens with zero attached hydrogens (tertiary/aromatic N) is 2. The average Bonchev–Trinajstić information content (AvgIpc) is 3.26. The number of hydrogen-bond donors (Lipinski definition) is 0. The van der Waals surface area contributed by atoms with Crippen LogP contribution in [0.25, 0.3) is 0 Å². The van der Waals surface area contributed by atoms with Crippen molar-refractivity contribution in [1.82, 2.24) is 9.80 Å². The summed E-state index contributed by atoms with van der Waals surface area (Å²) >= 11 is 0. The van der Waals surface area contributed by atoms with Crippen molar-refractivity contribution in [3.8, 4) is 5.75 Å². The molecule has 150 valence electrons. The monoisotopic (exact) mass is 388 g/mol. The number of carbonyl (C=O) groups is 2. The first kappa shape index (κ1) is 19.9. The normalized spacial score (nSPS) is 14.8. The van der Waals surface area contributed by atoms with E-state index in [4.69, 9.17) is 9.15 Å². The van der Waals surface area contributed by atoms with E-state index in [0.717, 1.165) is 5.56 Å². The first-order chi connectivity index (χ1) is 13.5. The van der Waals surface area contributed by atoms with Crippen LogP contribution < -0.4 is 4.74 Å². The maximum Gasteiger partial charge on any atom is 0.289 e. The zero-order valence-corrected chi connectivity index (χ0v) is 16.2. The Bertz CT molecular complexity index is 814. The van der Waals surface area contributed by atoms with Crippen LogP contribution in [0.15, 0.2) is 41.0 Å². The molecule has 1 aromatic carbocycles. The highest BCUT2D eigenvalue weighted by molar-refractivity contribution is 5.91. The molecule has 2 amide bonds. The lowest BCUT2D eigenvalue weighted by Crippen LogP contribution is -2.44. The zero-order chi connectivity index (χ0) is 20.1. The van der Waals surface area contributed by atoms with Crippen molar-refractivity contribution in [3.05, 3.63) is 53.7 Å². The van der Waals surface area contributed by atoms with E-state index >= 15 is 0 Å². The van der Waals surface area contributed by atoms with Gasteiger partial charge in [0.15, 0.2) is 17.3 Å². The Morgan fingerprint density at radius 2 is 2.04 bits per heavy atom. The molecular weight excluding hydrogens is 363 g/mol. The number of hydrogen-bond acceptors (Lipinski definition) is 4. The molecule has 0 atom stereocenters. The minimum absolute atomic E-state index is 0.0452. The van der Waals surface area contributed by atoms with Crippen LogP contribution in [0.3, 0.4) is 0 Å². The second kappa shape index (κ2) is 8.91. The SMILES string of the molecule is CCN(Cc1ccc(OC)c(F)c1)C(=O)C1CCN(C(=O)c2ccco2)CC1. The van der Waals surface area contributed by atoms with E-state index in [-0.39, 0.29) is 23.5 Å². The Morgan fingerprint density at radius 1 is 1.29 bits per heavy atom. The van der Waals surface area contributed by atoms with Gasteiger partial charge in [-0.15, -0.1) is 0 Å². The number of furan rings is 1. The summed E-state index contributed by atoms with van der Waals surface area (Å²) in [5, 5.41) is 0. The minimum Gasteiger partial charge on any atom is -0.494 e. The van der Waals surface area contributed by atoms with Crippen LogP contribution in [0.4, 0.5) is 4.39 Å². The van der Waals surface area contributed by atoms with Crippen molar-refractivity contribution >= 4 is 11.8 Å². The largest absolute Gasteiger partial charge is 0.494 e. The molecule has 0 unspecified atom stereocenters. The molecule has 7 heteroatoms. The molecule has 1 aliphatic heterocycles. The topological polar surface area (TPSA) is 63.0 Å². The lowest BCUT2D eigenvalue weighted by Gasteiger charge is -2.33. The molecule has 0 radical (unpaired) electrons. The molecule has 0 aliphatic carbocycles. The number of rotatable bonds is 6. The molecule has 2 heterocycles. The van der Waals surface area contributed by atoms with Gasteiger partial charge >= 0.3 is 0 Å². The van der Waals surface area contributed by atoms with Crippen LogP contribution >= 0.6 is 0 Å². The van der Waals surface area contributed by atoms with Gasteiger partial charge in [-0.3, -0.25) is 9.59 Å². The van der Waals surface area contributed by atoms with E-state index in [0.29, 0.717) is 44.8 Å². The van der Waals surface area contributed by atoms with E-state index in [9.17, 15) is 14.0 Å². The van der Waals surface area contributed by atoms with Crippen molar-refractivity contribution in [2.24, 2.45) is 5.92 Å². The van der Waals surface area contributed by atoms with Crippen LogP contribution in [0.2, 0.25) is 0 Å². The van der Waals surface area contributed by atoms with E-state index in [1.807, 2.05) is 6.92 Å². The smallest absolute Gasteiger partial charge is 0.289 e. The van der Waals surface area contributed by atoms with Crippen LogP contribution in [-0.2, 0) is 11.3 Å². The highest BCUT2D eigenvalue weighted by atomic mass is 19.1. The second-order valence-electron chi connectivity index (χ2n) is 6.87. The molecule has 1 saturated heterocycles. The number of carbonyl (C=O) groups excluding carboxylic acids is 2. The average molecular weight is 388 g/mol. The van der Waals surface area contributed by atoms with Gasteiger partial charge in [0.1, 0.15) is 0 Å². The predicted octanol–water partition coefficient (Wildman–Crippen LogP) is 3.33. The molecule has 0 spiro atoms. The summed E-state index contributed by atoms with van der Waals surface area (Å²) in [4.78, 5) is 28.7. The molecule has 1 fully saturated rings. The van der Waals surface area contributed by atoms with Gasteiger partial charge in [0.2, 0.25) is 5.91 Å². The second-order valence-corrected chi connectivity index (χ2v) is 6.87. The van der Waals surface area contributed by atoms with Crippen molar-refractivity contribution in [1.29, 1.82) is 0 Å². The summed E-state index contributed by atoms with van der Waals surface area (Å²) in [7, 11) is 1.42. The quantitative estimate of drug-likeness (QED) is 0.762. The summed E-state index contributed by atoms with van der Waals surface area (Å²) in [5.41, 5.74) is 0.721. The first-order valence-electron chi connectivity index (χ1n) is 9.47. The van der Waals surface area contributed by atoms with Crippen LogP contribution in [-0.4, -0.2) is 48.4 Å². The lowest BCUT2D eigenvalue weighted by atomic mass is 9.94. The zero-order valence-electron chi connectivity index (χ0n) is 16.2. The maximum absolute atomic E-state index is 13.9. The number of methoxy groups -OCH3 is 1. The molecule has 2 aromatic rings. The molecule has 1 aliphatic rings. The predicted molar refractivity (Wildman–Crippen MR) is 101 cm³/mol. The van der Waals surface area contributed by atoms with Crippen molar-refractivity contribution in [2.45, 2.75) is 26.3 Å². The Kier molecular flexibility index (Phi) is 6.34. The number of halogens is 1. The number of benzene rings is 1. The lowest BCUT2D eigenvalue weighted by molar-refractivity contribution is -0.137. The molecule has 1 aromatic heterocycles. The van der Waals surface area contributed by atoms with Crippen LogP contribution in [0, 0.1) is 11.7 Å². The Labute approximate surface area is 163 Å². The van der Waals surface area contributed by atoms with Gasteiger partial charge in [-0.1, -0.05) is 6.07 Å². The molecule has 0 bridgehead atoms. The number of likely N-dealkylation sites (tertiary alicyclic amines) is 1. The standard InChI is InChI=1S/C21H25FN2O4/c1-3-23(14-15-6-7-18(27-2)17(22)13-15)20(25)16-8-10-24(11-9-16)21(26)19-5-4-12-28-19/h4-7,12-13,16H,3,8-11,14H2,1-2H3. The molecule has 6 nitrogen and oxygen atoms in total. The highest BCUT2D eigenvalue weighted by Gasteiger charge is 2.31. The molecule has 0 N–H and O–H groups in total. The number of piperidine rings is 1. The first-order valence-corrected chi connectivity index (χ1v) is 9.47. The summed E-state index contributed by atoms with van der Waals surface area (Å²) in [6.45, 7) is 3.84. The van der Waals surface area contributed by atoms with Crippen molar-refractivity contribution in [3.63, 3.8) is 0 Å². The highest BCUT2D eigenvalue weighted by Crippen LogP contribution is 2.23. The van der Waals surface area contributed by atoms with Crippen molar-refractivity contribution in [2.75, 3.05) is 26.7 Å². The van der Waals surface area contributed by atoms with Gasteiger partial charge in [0, 0.05) is 32.1 Å². The number of ether oxygens (including phenoxy) is 1. The third-order valence-corrected chi connectivity index (χ3v) is 5.15. The van der Waals surface area contributed by atoms with Gasteiger partial charge in [0.05, 0.1) is 13.4 Å². The molecular formula is C21H25FN2O4. The molecule has 3 rings (SSSR count). The third-order valence-electron chi connectivity index (χ3n) is 5.15. The van der Waals surface area contributed by atoms with Gasteiger partial charge in [-0.05, 0) is 49.6 Å². The van der Waals surface area contributed by atoms with Crippen LogP contribution in [0.5, 0.6) is 5.75 Å². The summed E-state index contributed by atoms with van der Waals surface area (Å²) in [5.74, 6) is -0.161. The van der Waals surface area contributed by atoms with Gasteiger partial charge in [-0.25, -0.2) is 4.39 Å². The Morgan fingerprint density at radius 3 is 2.61 bits per heavy atom. The third kappa shape index (κ3) is 4.35. The summed E-state index contributed by atoms with van der Waals surface area (Å²) in [6.07, 6.45) is 2.70. The minimum atomic E-state index is -0.437. The maximum atomic E-state index is 13.9. The van der Waals surface area contributed by atoms with E-state index in [1.54, 1.807) is 34.1 Å². The summed E-state index contributed by atoms with van der Waals surface area (Å²) < 4.78 is 24.0. The molecule has 28 heavy (non-hydrogen) atoms. The Hall–Kier alpha value is -2.83. The van der Waals surface area contributed by atoms with Gasteiger partial charge < -0.3 is 19.0 Å². The van der Waals surface area contributed by atoms with Crippen molar-refractivity contribution < 1.29 is 23.1 Å². The fourth-order valence-corrected chi connectivity index (χ4v) is 3.52. The van der Waals surface area contributed by atoms with Gasteiger partial charge in [-0.2, -0.15) is 0 Å². The fourth-order valence-electron chi connectivity index (χ4n) is 3.52. The van der Waals surface area contributed by atoms with E-state index in [1.165, 1.54) is 19.4 Å². The van der Waals surface area contributed by atoms with E-state index < -0.39 is 5.82 Å². The van der Waals surface area contributed by atoms with Gasteiger partial charge in [0.25, 0.3) is 5.91 Å². The Balaban J connectivity index is 1.58. The van der Waals surface area contributed by atoms with Crippen LogP contribution in [0.1, 0.15) is 35.9 Å². The number of amides is 2. The fraction of sp³-hybridized carbons (Fsp3) is 0.429. The summed E-state index contributed by atoms with van der Waals surface area (Å²) in [6, 6.07) is 8.07. The van der Waals surface area contributed by atoms with E-state index in [2.05, 4.69) is 0 Å². The molecule has 0 saturated carbocycles.